The summed E-state index contributed by atoms with van der Waals surface area (Å²) in [7, 11) is 0. The molecule has 3 heterocycles. The van der Waals surface area contributed by atoms with Crippen LogP contribution in [-0.4, -0.2) is 73.7 Å². The highest BCUT2D eigenvalue weighted by molar-refractivity contribution is 6.09. The Balaban J connectivity index is 1.16. The Morgan fingerprint density at radius 3 is 2.26 bits per heavy atom. The molecule has 1 saturated carbocycles. The molecule has 0 spiro atoms. The van der Waals surface area contributed by atoms with Gasteiger partial charge in [-0.25, -0.2) is 9.37 Å². The van der Waals surface area contributed by atoms with Gasteiger partial charge in [-0.3, -0.25) is 24.1 Å². The molecular weight excluding hydrogens is 599 g/mol. The number of imidazole rings is 1. The minimum Gasteiger partial charge on any atom is -0.340 e. The summed E-state index contributed by atoms with van der Waals surface area (Å²) in [5.41, 5.74) is 1.89. The maximum atomic E-state index is 13.3. The second-order valence-electron chi connectivity index (χ2n) is 12.6. The van der Waals surface area contributed by atoms with Crippen LogP contribution in [-0.2, 0) is 11.3 Å². The number of rotatable bonds is 10. The first-order valence-electron chi connectivity index (χ1n) is 16.2. The topological polar surface area (TPSA) is 124 Å². The summed E-state index contributed by atoms with van der Waals surface area (Å²) in [6.45, 7) is 9.20. The van der Waals surface area contributed by atoms with E-state index >= 15 is 0 Å². The number of aryl methyl sites for hydroxylation is 1. The number of carbonyl (C=O) groups is 2. The third kappa shape index (κ3) is 7.57. The van der Waals surface area contributed by atoms with E-state index in [4.69, 9.17) is 0 Å². The minimum absolute atomic E-state index is 0.0471. The number of carbonyl (C=O) groups excluding carboxylic acids is 2. The third-order valence-corrected chi connectivity index (χ3v) is 8.77. The van der Waals surface area contributed by atoms with Crippen molar-refractivity contribution in [3.63, 3.8) is 0 Å². The lowest BCUT2D eigenvalue weighted by Gasteiger charge is -2.35. The summed E-state index contributed by atoms with van der Waals surface area (Å²) in [6, 6.07) is 11.9. The van der Waals surface area contributed by atoms with Crippen LogP contribution in [0.1, 0.15) is 71.9 Å². The molecule has 10 nitrogen and oxygen atoms in total. The molecule has 4 aromatic rings. The predicted octanol–water partition coefficient (Wildman–Crippen LogP) is 2.36. The van der Waals surface area contributed by atoms with Crippen LogP contribution < -0.4 is 21.8 Å². The number of H-pyrrole nitrogens is 2. The lowest BCUT2D eigenvalue weighted by atomic mass is 10.0. The molecule has 1 aliphatic heterocycles. The van der Waals surface area contributed by atoms with Gasteiger partial charge in [0.05, 0.1) is 12.0 Å². The maximum Gasteiger partial charge on any atom is 0.272 e. The second-order valence-corrected chi connectivity index (χ2v) is 12.6. The van der Waals surface area contributed by atoms with E-state index in [1.807, 2.05) is 4.90 Å². The third-order valence-electron chi connectivity index (χ3n) is 8.77. The number of aromatic nitrogens is 4. The van der Waals surface area contributed by atoms with Crippen LogP contribution in [0.2, 0.25) is 0 Å². The van der Waals surface area contributed by atoms with E-state index in [1.54, 1.807) is 36.7 Å². The van der Waals surface area contributed by atoms with E-state index < -0.39 is 16.9 Å². The minimum atomic E-state index is -0.490. The first kappa shape index (κ1) is 32.1. The first-order valence-corrected chi connectivity index (χ1v) is 16.2. The Hall–Kier alpha value is -4.90. The van der Waals surface area contributed by atoms with Crippen molar-refractivity contribution in [1.29, 1.82) is 0 Å². The number of ketones is 1. The van der Waals surface area contributed by atoms with Crippen LogP contribution in [0.15, 0.2) is 64.4 Å². The van der Waals surface area contributed by atoms with E-state index in [0.717, 1.165) is 64.2 Å². The monoisotopic (exact) mass is 638 g/mol. The van der Waals surface area contributed by atoms with Gasteiger partial charge in [0.15, 0.2) is 5.78 Å². The van der Waals surface area contributed by atoms with Crippen molar-refractivity contribution in [2.45, 2.75) is 45.6 Å². The summed E-state index contributed by atoms with van der Waals surface area (Å²) in [6.07, 6.45) is 7.89. The van der Waals surface area contributed by atoms with Gasteiger partial charge in [0, 0.05) is 55.5 Å². The Morgan fingerprint density at radius 2 is 1.60 bits per heavy atom. The van der Waals surface area contributed by atoms with Gasteiger partial charge in [-0.1, -0.05) is 32.0 Å². The van der Waals surface area contributed by atoms with Gasteiger partial charge >= 0.3 is 0 Å². The van der Waals surface area contributed by atoms with E-state index in [2.05, 4.69) is 38.3 Å². The number of hydrogen-bond donors (Lipinski definition) is 2. The van der Waals surface area contributed by atoms with Gasteiger partial charge in [-0.05, 0) is 79.8 Å². The SMILES string of the molecule is CC(C)c1c(/C=c2\[nH]c(=O)/c(=C/c3cccc(C(=O)c4ccc(F)cc4)c3)[nH]c2=O)ncn1CCCN1CCN(C(=O)C2CC2)CC1. The standard InChI is InChI=1S/C36H39FN6O4/c1-23(2)32-29(38-22-43(32)14-4-13-41-15-17-42(18-16-41)36(47)26-7-8-26)21-31-35(46)39-30(34(45)40-31)20-24-5-3-6-27(19-24)33(44)25-9-11-28(37)12-10-25/h3,5-6,9-12,19-23,26H,4,7-8,13-18H2,1-2H3,(H,39,46)(H,40,45)/b30-20-,31-21-. The maximum absolute atomic E-state index is 13.3. The highest BCUT2D eigenvalue weighted by atomic mass is 19.1. The Morgan fingerprint density at radius 1 is 0.915 bits per heavy atom. The molecule has 2 N–H and O–H groups in total. The number of aromatic amines is 2. The van der Waals surface area contributed by atoms with Crippen molar-refractivity contribution in [2.75, 3.05) is 32.7 Å². The Labute approximate surface area is 271 Å². The normalized spacial score (nSPS) is 16.3. The molecule has 0 bridgehead atoms. The number of nitrogens with zero attached hydrogens (tertiary/aromatic N) is 4. The summed E-state index contributed by atoms with van der Waals surface area (Å²) < 4.78 is 15.4. The van der Waals surface area contributed by atoms with Gasteiger partial charge in [0.1, 0.15) is 16.5 Å². The first-order chi connectivity index (χ1) is 22.7. The van der Waals surface area contributed by atoms with Crippen LogP contribution in [0, 0.1) is 11.7 Å². The molecule has 2 fully saturated rings. The molecule has 1 aliphatic carbocycles. The van der Waals surface area contributed by atoms with Crippen LogP contribution in [0.3, 0.4) is 0 Å². The molecule has 6 rings (SSSR count). The van der Waals surface area contributed by atoms with Crippen molar-refractivity contribution >= 4 is 23.8 Å². The molecule has 2 aromatic carbocycles. The smallest absolute Gasteiger partial charge is 0.272 e. The van der Waals surface area contributed by atoms with Crippen molar-refractivity contribution in [3.8, 4) is 0 Å². The summed E-state index contributed by atoms with van der Waals surface area (Å²) >= 11 is 0. The van der Waals surface area contributed by atoms with Gasteiger partial charge < -0.3 is 19.4 Å². The number of benzene rings is 2. The molecule has 1 saturated heterocycles. The molecule has 1 amide bonds. The zero-order valence-corrected chi connectivity index (χ0v) is 26.7. The number of nitrogens with one attached hydrogen (secondary N) is 2. The van der Waals surface area contributed by atoms with Gasteiger partial charge in [-0.2, -0.15) is 0 Å². The number of amides is 1. The number of halogens is 1. The zero-order chi connectivity index (χ0) is 33.1. The molecule has 0 radical (unpaired) electrons. The fraction of sp³-hybridized carbons (Fsp3) is 0.361. The lowest BCUT2D eigenvalue weighted by molar-refractivity contribution is -0.134. The molecular formula is C36H39FN6O4. The molecule has 2 aliphatic rings. The number of hydrogen-bond acceptors (Lipinski definition) is 6. The van der Waals surface area contributed by atoms with Crippen LogP contribution in [0.25, 0.3) is 12.2 Å². The van der Waals surface area contributed by atoms with Gasteiger partial charge in [0.25, 0.3) is 11.1 Å². The Kier molecular flexibility index (Phi) is 9.44. The summed E-state index contributed by atoms with van der Waals surface area (Å²) in [5, 5.41) is 0.143. The van der Waals surface area contributed by atoms with Crippen LogP contribution in [0.4, 0.5) is 4.39 Å². The van der Waals surface area contributed by atoms with Crippen molar-refractivity contribution in [1.82, 2.24) is 29.3 Å². The highest BCUT2D eigenvalue weighted by Gasteiger charge is 2.34. The fourth-order valence-electron chi connectivity index (χ4n) is 6.11. The second kappa shape index (κ2) is 13.8. The van der Waals surface area contributed by atoms with Crippen LogP contribution in [0.5, 0.6) is 0 Å². The van der Waals surface area contributed by atoms with E-state index in [1.165, 1.54) is 30.3 Å². The predicted molar refractivity (Wildman–Crippen MR) is 177 cm³/mol. The quantitative estimate of drug-likeness (QED) is 0.257. The van der Waals surface area contributed by atoms with Crippen LogP contribution >= 0.6 is 0 Å². The molecule has 0 atom stereocenters. The largest absolute Gasteiger partial charge is 0.340 e. The molecule has 0 unspecified atom stereocenters. The van der Waals surface area contributed by atoms with Gasteiger partial charge in [-0.15, -0.1) is 0 Å². The zero-order valence-electron chi connectivity index (χ0n) is 26.7. The average molecular weight is 639 g/mol. The highest BCUT2D eigenvalue weighted by Crippen LogP contribution is 2.31. The molecule has 47 heavy (non-hydrogen) atoms. The van der Waals surface area contributed by atoms with Crippen molar-refractivity contribution in [2.24, 2.45) is 5.92 Å². The number of piperazine rings is 1. The van der Waals surface area contributed by atoms with E-state index in [9.17, 15) is 23.6 Å². The van der Waals surface area contributed by atoms with Gasteiger partial charge in [0.2, 0.25) is 5.91 Å². The average Bonchev–Trinajstić information content (AvgIpc) is 3.84. The van der Waals surface area contributed by atoms with Crippen molar-refractivity contribution < 1.29 is 14.0 Å². The molecule has 2 aromatic heterocycles. The fourth-order valence-corrected chi connectivity index (χ4v) is 6.11. The Bertz CT molecular complexity index is 2020. The summed E-state index contributed by atoms with van der Waals surface area (Å²) in [4.78, 5) is 65.7. The molecule has 244 valence electrons. The van der Waals surface area contributed by atoms with E-state index in [-0.39, 0.29) is 28.3 Å². The van der Waals surface area contributed by atoms with Crippen molar-refractivity contribution in [3.05, 3.63) is 120 Å². The van der Waals surface area contributed by atoms with E-state index in [0.29, 0.717) is 28.3 Å². The molecule has 11 heteroatoms. The lowest BCUT2D eigenvalue weighted by Crippen LogP contribution is -2.49. The summed E-state index contributed by atoms with van der Waals surface area (Å²) in [5.74, 6) is 0.00597.